The van der Waals surface area contributed by atoms with Gasteiger partial charge in [-0.05, 0) is 6.92 Å². The van der Waals surface area contributed by atoms with Crippen LogP contribution in [-0.2, 0) is 16.0 Å². The minimum Gasteiger partial charge on any atom is -0.369 e. The number of thiazole rings is 1. The first-order valence-electron chi connectivity index (χ1n) is 7.36. The molecular weight excluding hydrogens is 350 g/mol. The largest absolute Gasteiger partial charge is 0.369 e. The van der Waals surface area contributed by atoms with Gasteiger partial charge in [0.25, 0.3) is 0 Å². The van der Waals surface area contributed by atoms with E-state index >= 15 is 0 Å². The molecule has 0 aliphatic heterocycles. The predicted molar refractivity (Wildman–Crippen MR) is 92.1 cm³/mol. The molecule has 8 nitrogen and oxygen atoms in total. The quantitative estimate of drug-likeness (QED) is 0.683. The molecule has 2 heterocycles. The molecular formula is C14H19N5O3S2. The van der Waals surface area contributed by atoms with Crippen molar-refractivity contribution in [3.63, 3.8) is 0 Å². The van der Waals surface area contributed by atoms with Crippen molar-refractivity contribution in [2.75, 3.05) is 11.1 Å². The van der Waals surface area contributed by atoms with Crippen LogP contribution in [0.2, 0.25) is 0 Å². The van der Waals surface area contributed by atoms with Gasteiger partial charge in [0.2, 0.25) is 17.7 Å². The molecule has 0 fully saturated rings. The van der Waals surface area contributed by atoms with E-state index in [0.29, 0.717) is 23.3 Å². The Morgan fingerprint density at radius 3 is 2.75 bits per heavy atom. The Bertz CT molecular complexity index is 726. The number of carbonyl (C=O) groups is 2. The van der Waals surface area contributed by atoms with E-state index in [1.54, 1.807) is 0 Å². The molecule has 2 aromatic heterocycles. The third-order valence-electron chi connectivity index (χ3n) is 2.91. The standard InChI is InChI=1S/C14H19N5O3S2/c1-7(2)12-18-11(22-19-12)5-4-10(21)17-14-16-8(3)13(24-14)23-6-9(15)20/h7H,4-6H2,1-3H3,(H2,15,20)(H,16,17,21). The maximum absolute atomic E-state index is 12.0. The Morgan fingerprint density at radius 1 is 1.38 bits per heavy atom. The first-order chi connectivity index (χ1) is 11.3. The first kappa shape index (κ1) is 18.4. The number of aryl methyl sites for hydroxylation is 2. The van der Waals surface area contributed by atoms with Gasteiger partial charge in [0, 0.05) is 18.8 Å². The highest BCUT2D eigenvalue weighted by atomic mass is 32.2. The lowest BCUT2D eigenvalue weighted by Gasteiger charge is -1.99. The Balaban J connectivity index is 1.85. The summed E-state index contributed by atoms with van der Waals surface area (Å²) in [7, 11) is 0. The van der Waals surface area contributed by atoms with Gasteiger partial charge in [-0.1, -0.05) is 30.3 Å². The topological polar surface area (TPSA) is 124 Å². The highest BCUT2D eigenvalue weighted by Gasteiger charge is 2.14. The Labute approximate surface area is 147 Å². The van der Waals surface area contributed by atoms with Crippen LogP contribution in [0, 0.1) is 6.92 Å². The van der Waals surface area contributed by atoms with Gasteiger partial charge in [0.05, 0.1) is 15.7 Å². The first-order valence-corrected chi connectivity index (χ1v) is 9.16. The summed E-state index contributed by atoms with van der Waals surface area (Å²) < 4.78 is 5.97. The predicted octanol–water partition coefficient (Wildman–Crippen LogP) is 2.11. The molecule has 2 aromatic rings. The molecule has 0 atom stereocenters. The third kappa shape index (κ3) is 5.31. The van der Waals surface area contributed by atoms with Crippen molar-refractivity contribution in [1.82, 2.24) is 15.1 Å². The zero-order valence-electron chi connectivity index (χ0n) is 13.7. The van der Waals surface area contributed by atoms with Gasteiger partial charge in [-0.25, -0.2) is 4.98 Å². The van der Waals surface area contributed by atoms with Crippen molar-refractivity contribution in [1.29, 1.82) is 0 Å². The van der Waals surface area contributed by atoms with Gasteiger partial charge in [-0.3, -0.25) is 9.59 Å². The average Bonchev–Trinajstić information content (AvgIpc) is 3.10. The molecule has 0 saturated carbocycles. The summed E-state index contributed by atoms with van der Waals surface area (Å²) in [5.74, 6) is 0.884. The molecule has 24 heavy (non-hydrogen) atoms. The monoisotopic (exact) mass is 369 g/mol. The van der Waals surface area contributed by atoms with Gasteiger partial charge in [0.1, 0.15) is 0 Å². The number of anilines is 1. The molecule has 0 radical (unpaired) electrons. The van der Waals surface area contributed by atoms with E-state index in [0.717, 1.165) is 9.90 Å². The van der Waals surface area contributed by atoms with Gasteiger partial charge < -0.3 is 15.6 Å². The molecule has 0 aliphatic carbocycles. The number of aromatic nitrogens is 3. The molecule has 0 aromatic carbocycles. The molecule has 0 unspecified atom stereocenters. The fraction of sp³-hybridized carbons (Fsp3) is 0.500. The number of amides is 2. The second-order valence-corrected chi connectivity index (χ2v) is 7.64. The van der Waals surface area contributed by atoms with Crippen molar-refractivity contribution in [2.45, 2.75) is 43.7 Å². The fourth-order valence-corrected chi connectivity index (χ4v) is 3.61. The zero-order valence-corrected chi connectivity index (χ0v) is 15.3. The maximum atomic E-state index is 12.0. The molecule has 130 valence electrons. The molecule has 3 N–H and O–H groups in total. The van der Waals surface area contributed by atoms with Gasteiger partial charge in [-0.2, -0.15) is 4.98 Å². The second-order valence-electron chi connectivity index (χ2n) is 5.40. The van der Waals surface area contributed by atoms with Crippen LogP contribution in [0.4, 0.5) is 5.13 Å². The number of hydrogen-bond donors (Lipinski definition) is 2. The molecule has 0 aliphatic rings. The molecule has 2 rings (SSSR count). The number of hydrogen-bond acceptors (Lipinski definition) is 8. The van der Waals surface area contributed by atoms with Gasteiger partial charge in [0.15, 0.2) is 11.0 Å². The van der Waals surface area contributed by atoms with Crippen LogP contribution in [0.15, 0.2) is 8.73 Å². The fourth-order valence-electron chi connectivity index (χ4n) is 1.71. The van der Waals surface area contributed by atoms with E-state index in [1.165, 1.54) is 23.1 Å². The minimum absolute atomic E-state index is 0.181. The summed E-state index contributed by atoms with van der Waals surface area (Å²) in [5.41, 5.74) is 5.89. The van der Waals surface area contributed by atoms with E-state index in [2.05, 4.69) is 20.4 Å². The summed E-state index contributed by atoms with van der Waals surface area (Å²) in [6.07, 6.45) is 0.599. The number of rotatable bonds is 8. The SMILES string of the molecule is Cc1nc(NC(=O)CCc2nc(C(C)C)no2)sc1SCC(N)=O. The number of nitrogens with one attached hydrogen (secondary N) is 1. The van der Waals surface area contributed by atoms with Gasteiger partial charge >= 0.3 is 0 Å². The summed E-state index contributed by atoms with van der Waals surface area (Å²) >= 11 is 2.64. The summed E-state index contributed by atoms with van der Waals surface area (Å²) in [6, 6.07) is 0. The maximum Gasteiger partial charge on any atom is 0.227 e. The van der Waals surface area contributed by atoms with E-state index in [9.17, 15) is 9.59 Å². The Hall–Kier alpha value is -1.94. The normalized spacial score (nSPS) is 11.0. The van der Waals surface area contributed by atoms with Crippen LogP contribution in [0.3, 0.4) is 0 Å². The zero-order chi connectivity index (χ0) is 17.7. The van der Waals surface area contributed by atoms with E-state index in [-0.39, 0.29) is 24.0 Å². The van der Waals surface area contributed by atoms with Crippen LogP contribution >= 0.6 is 23.1 Å². The van der Waals surface area contributed by atoms with Crippen molar-refractivity contribution < 1.29 is 14.1 Å². The minimum atomic E-state index is -0.390. The number of nitrogens with two attached hydrogens (primary N) is 1. The summed E-state index contributed by atoms with van der Waals surface area (Å²) in [5, 5.41) is 7.10. The highest BCUT2D eigenvalue weighted by Crippen LogP contribution is 2.31. The number of nitrogens with zero attached hydrogens (tertiary/aromatic N) is 3. The van der Waals surface area contributed by atoms with Crippen LogP contribution in [0.25, 0.3) is 0 Å². The van der Waals surface area contributed by atoms with E-state index in [4.69, 9.17) is 10.3 Å². The molecule has 10 heteroatoms. The van der Waals surface area contributed by atoms with Crippen molar-refractivity contribution in [3.8, 4) is 0 Å². The Morgan fingerprint density at radius 2 is 2.12 bits per heavy atom. The van der Waals surface area contributed by atoms with Crippen LogP contribution in [0.1, 0.15) is 43.6 Å². The summed E-state index contributed by atoms with van der Waals surface area (Å²) in [6.45, 7) is 5.77. The van der Waals surface area contributed by atoms with E-state index in [1.807, 2.05) is 20.8 Å². The number of carbonyl (C=O) groups excluding carboxylic acids is 2. The Kier molecular flexibility index (Phi) is 6.32. The van der Waals surface area contributed by atoms with Crippen LogP contribution in [0.5, 0.6) is 0 Å². The van der Waals surface area contributed by atoms with Crippen LogP contribution in [-0.4, -0.2) is 32.7 Å². The lowest BCUT2D eigenvalue weighted by molar-refractivity contribution is -0.116. The highest BCUT2D eigenvalue weighted by molar-refractivity contribution is 8.01. The molecule has 0 saturated heterocycles. The van der Waals surface area contributed by atoms with Crippen molar-refractivity contribution in [3.05, 3.63) is 17.4 Å². The molecule has 0 bridgehead atoms. The number of primary amides is 1. The third-order valence-corrected chi connectivity index (χ3v) is 5.37. The molecule has 2 amide bonds. The average molecular weight is 369 g/mol. The molecule has 0 spiro atoms. The lowest BCUT2D eigenvalue weighted by Crippen LogP contribution is -2.12. The second kappa shape index (κ2) is 8.25. The van der Waals surface area contributed by atoms with Crippen LogP contribution < -0.4 is 11.1 Å². The summed E-state index contributed by atoms with van der Waals surface area (Å²) in [4.78, 5) is 31.3. The smallest absolute Gasteiger partial charge is 0.227 e. The lowest BCUT2D eigenvalue weighted by atomic mass is 10.2. The van der Waals surface area contributed by atoms with E-state index < -0.39 is 5.91 Å². The van der Waals surface area contributed by atoms with Crippen molar-refractivity contribution in [2.24, 2.45) is 5.73 Å². The number of thioether (sulfide) groups is 1. The van der Waals surface area contributed by atoms with Gasteiger partial charge in [-0.15, -0.1) is 11.8 Å². The van der Waals surface area contributed by atoms with Crippen molar-refractivity contribution >= 4 is 40.0 Å².